The Hall–Kier alpha value is -2.82. The lowest BCUT2D eigenvalue weighted by molar-refractivity contribution is -0.136. The number of piperidine rings is 1. The van der Waals surface area contributed by atoms with Crippen molar-refractivity contribution in [2.45, 2.75) is 24.3 Å². The number of carbonyl (C=O) groups excluding carboxylic acids is 1. The van der Waals surface area contributed by atoms with Gasteiger partial charge in [-0.1, -0.05) is 28.9 Å². The average molecular weight is 493 g/mol. The van der Waals surface area contributed by atoms with Gasteiger partial charge in [0.05, 0.1) is 22.4 Å². The van der Waals surface area contributed by atoms with Gasteiger partial charge in [-0.25, -0.2) is 12.8 Å². The van der Waals surface area contributed by atoms with E-state index in [1.165, 1.54) is 21.3 Å². The van der Waals surface area contributed by atoms with E-state index in [0.29, 0.717) is 35.8 Å². The summed E-state index contributed by atoms with van der Waals surface area (Å²) in [4.78, 5) is 18.8. The van der Waals surface area contributed by atoms with Crippen LogP contribution in [-0.2, 0) is 21.4 Å². The first kappa shape index (κ1) is 23.3. The smallest absolute Gasteiger partial charge is 0.246 e. The summed E-state index contributed by atoms with van der Waals surface area (Å²) in [5.74, 6) is -0.671. The maximum Gasteiger partial charge on any atom is 0.246 e. The zero-order valence-electron chi connectivity index (χ0n) is 17.8. The molecule has 3 aromatic rings. The fourth-order valence-corrected chi connectivity index (χ4v) is 5.53. The fraction of sp³-hybridized carbons (Fsp3) is 0.318. The molecule has 8 nitrogen and oxygen atoms in total. The molecule has 11 heteroatoms. The van der Waals surface area contributed by atoms with Gasteiger partial charge < -0.3 is 9.42 Å². The number of benzene rings is 2. The Morgan fingerprint density at radius 1 is 1.24 bits per heavy atom. The second-order valence-electron chi connectivity index (χ2n) is 7.84. The van der Waals surface area contributed by atoms with Crippen LogP contribution in [-0.4, -0.2) is 53.8 Å². The topological polar surface area (TPSA) is 96.6 Å². The van der Waals surface area contributed by atoms with Gasteiger partial charge in [0.1, 0.15) is 5.82 Å². The molecule has 0 spiro atoms. The third kappa shape index (κ3) is 5.07. The molecule has 33 heavy (non-hydrogen) atoms. The highest BCUT2D eigenvalue weighted by Crippen LogP contribution is 2.27. The van der Waals surface area contributed by atoms with Gasteiger partial charge in [0.2, 0.25) is 27.6 Å². The minimum atomic E-state index is -3.82. The summed E-state index contributed by atoms with van der Waals surface area (Å²) in [7, 11) is -2.21. The second-order valence-corrected chi connectivity index (χ2v) is 10.2. The Kier molecular flexibility index (Phi) is 6.78. The van der Waals surface area contributed by atoms with Crippen LogP contribution in [0, 0.1) is 11.7 Å². The molecular weight excluding hydrogens is 471 g/mol. The van der Waals surface area contributed by atoms with Crippen molar-refractivity contribution in [3.8, 4) is 11.4 Å². The van der Waals surface area contributed by atoms with E-state index in [1.807, 2.05) is 6.07 Å². The predicted molar refractivity (Wildman–Crippen MR) is 119 cm³/mol. The molecule has 1 unspecified atom stereocenters. The Labute approximate surface area is 196 Å². The molecule has 1 saturated heterocycles. The summed E-state index contributed by atoms with van der Waals surface area (Å²) >= 11 is 6.17. The number of amides is 1. The van der Waals surface area contributed by atoms with Crippen LogP contribution in [0.5, 0.6) is 0 Å². The Bertz CT molecular complexity index is 1250. The first-order chi connectivity index (χ1) is 15.8. The van der Waals surface area contributed by atoms with Crippen molar-refractivity contribution in [3.05, 3.63) is 65.3 Å². The zero-order valence-corrected chi connectivity index (χ0v) is 19.4. The number of aromatic nitrogens is 2. The average Bonchev–Trinajstić information content (AvgIpc) is 3.27. The minimum Gasteiger partial charge on any atom is -0.337 e. The molecule has 174 valence electrons. The quantitative estimate of drug-likeness (QED) is 0.521. The SMILES string of the molecule is CN(Cc1nc(-c2ccccc2Cl)no1)C(=O)C1CCCN(S(=O)(=O)c2ccc(F)cc2)C1. The highest BCUT2D eigenvalue weighted by atomic mass is 35.5. The molecule has 4 rings (SSSR count). The van der Waals surface area contributed by atoms with E-state index in [1.54, 1.807) is 25.2 Å². The standard InChI is InChI=1S/C22H22ClFN4O4S/c1-27(14-20-25-21(26-32-20)18-6-2-3-7-19(18)23)22(29)15-5-4-12-28(13-15)33(30,31)17-10-8-16(24)9-11-17/h2-3,6-11,15H,4-5,12-14H2,1H3. The highest BCUT2D eigenvalue weighted by Gasteiger charge is 2.34. The molecule has 2 aromatic carbocycles. The van der Waals surface area contributed by atoms with Crippen LogP contribution in [0.4, 0.5) is 4.39 Å². The predicted octanol–water partition coefficient (Wildman–Crippen LogP) is 3.59. The largest absolute Gasteiger partial charge is 0.337 e. The molecular formula is C22H22ClFN4O4S. The maximum atomic E-state index is 13.2. The molecule has 0 aliphatic carbocycles. The summed E-state index contributed by atoms with van der Waals surface area (Å²) < 4.78 is 45.6. The lowest BCUT2D eigenvalue weighted by Crippen LogP contribution is -2.45. The van der Waals surface area contributed by atoms with Gasteiger partial charge >= 0.3 is 0 Å². The number of hydrogen-bond donors (Lipinski definition) is 0. The summed E-state index contributed by atoms with van der Waals surface area (Å²) in [5.41, 5.74) is 0.622. The number of sulfonamides is 1. The summed E-state index contributed by atoms with van der Waals surface area (Å²) in [5, 5.41) is 4.42. The van der Waals surface area contributed by atoms with Crippen molar-refractivity contribution in [2.24, 2.45) is 5.92 Å². The van der Waals surface area contributed by atoms with Gasteiger partial charge in [-0.05, 0) is 49.2 Å². The molecule has 1 fully saturated rings. The molecule has 1 aliphatic rings. The van der Waals surface area contributed by atoms with Crippen molar-refractivity contribution in [1.82, 2.24) is 19.3 Å². The summed E-state index contributed by atoms with van der Waals surface area (Å²) in [6.45, 7) is 0.438. The lowest BCUT2D eigenvalue weighted by atomic mass is 9.98. The van der Waals surface area contributed by atoms with Crippen molar-refractivity contribution in [2.75, 3.05) is 20.1 Å². The first-order valence-electron chi connectivity index (χ1n) is 10.3. The van der Waals surface area contributed by atoms with Gasteiger partial charge in [0.15, 0.2) is 0 Å². The summed E-state index contributed by atoms with van der Waals surface area (Å²) in [6, 6.07) is 11.8. The Morgan fingerprint density at radius 2 is 1.97 bits per heavy atom. The van der Waals surface area contributed by atoms with Crippen molar-refractivity contribution in [3.63, 3.8) is 0 Å². The number of carbonyl (C=O) groups is 1. The Balaban J connectivity index is 1.42. The molecule has 1 aliphatic heterocycles. The molecule has 1 aromatic heterocycles. The third-order valence-corrected chi connectivity index (χ3v) is 7.73. The first-order valence-corrected chi connectivity index (χ1v) is 12.2. The van der Waals surface area contributed by atoms with E-state index in [0.717, 1.165) is 12.1 Å². The van der Waals surface area contributed by atoms with Gasteiger partial charge in [0.25, 0.3) is 0 Å². The van der Waals surface area contributed by atoms with Crippen LogP contribution in [0.2, 0.25) is 5.02 Å². The molecule has 0 bridgehead atoms. The van der Waals surface area contributed by atoms with Crippen LogP contribution in [0.1, 0.15) is 18.7 Å². The lowest BCUT2D eigenvalue weighted by Gasteiger charge is -2.33. The van der Waals surface area contributed by atoms with Crippen molar-refractivity contribution in [1.29, 1.82) is 0 Å². The van der Waals surface area contributed by atoms with E-state index in [9.17, 15) is 17.6 Å². The van der Waals surface area contributed by atoms with E-state index >= 15 is 0 Å². The number of rotatable bonds is 6. The molecule has 2 heterocycles. The minimum absolute atomic E-state index is 0.00307. The van der Waals surface area contributed by atoms with Gasteiger partial charge in [-0.2, -0.15) is 9.29 Å². The number of hydrogen-bond acceptors (Lipinski definition) is 6. The molecule has 1 amide bonds. The monoisotopic (exact) mass is 492 g/mol. The molecule has 0 saturated carbocycles. The van der Waals surface area contributed by atoms with Crippen molar-refractivity contribution < 1.29 is 22.1 Å². The van der Waals surface area contributed by atoms with E-state index < -0.39 is 21.8 Å². The summed E-state index contributed by atoms with van der Waals surface area (Å²) in [6.07, 6.45) is 1.11. The molecule has 1 atom stereocenters. The maximum absolute atomic E-state index is 13.2. The van der Waals surface area contributed by atoms with E-state index in [-0.39, 0.29) is 29.8 Å². The number of nitrogens with zero attached hydrogens (tertiary/aromatic N) is 4. The second kappa shape index (κ2) is 9.58. The van der Waals surface area contributed by atoms with Gasteiger partial charge in [0, 0.05) is 25.7 Å². The van der Waals surface area contributed by atoms with Crippen molar-refractivity contribution >= 4 is 27.5 Å². The molecule has 0 radical (unpaired) electrons. The van der Waals surface area contributed by atoms with Crippen LogP contribution in [0.25, 0.3) is 11.4 Å². The highest BCUT2D eigenvalue weighted by molar-refractivity contribution is 7.89. The zero-order chi connectivity index (χ0) is 23.6. The van der Waals surface area contributed by atoms with E-state index in [2.05, 4.69) is 10.1 Å². The van der Waals surface area contributed by atoms with Crippen LogP contribution < -0.4 is 0 Å². The normalized spacial score (nSPS) is 17.1. The molecule has 0 N–H and O–H groups in total. The Morgan fingerprint density at radius 3 is 2.70 bits per heavy atom. The van der Waals surface area contributed by atoms with Crippen LogP contribution >= 0.6 is 11.6 Å². The van der Waals surface area contributed by atoms with Gasteiger partial charge in [-0.15, -0.1) is 0 Å². The number of halogens is 2. The van der Waals surface area contributed by atoms with E-state index in [4.69, 9.17) is 16.1 Å². The third-order valence-electron chi connectivity index (χ3n) is 5.52. The fourth-order valence-electron chi connectivity index (χ4n) is 3.78. The van der Waals surface area contributed by atoms with Crippen LogP contribution in [0.15, 0.2) is 57.9 Å². The van der Waals surface area contributed by atoms with Gasteiger partial charge in [-0.3, -0.25) is 4.79 Å². The van der Waals surface area contributed by atoms with Crippen LogP contribution in [0.3, 0.4) is 0 Å².